The van der Waals surface area contributed by atoms with Gasteiger partial charge in [-0.25, -0.2) is 5.32 Å². The number of carbonyl (C=O) groups is 2. The average Bonchev–Trinajstić information content (AvgIpc) is 3.38. The van der Waals surface area contributed by atoms with Gasteiger partial charge in [-0.3, -0.25) is 9.59 Å². The van der Waals surface area contributed by atoms with Crippen LogP contribution in [0.3, 0.4) is 0 Å². The second kappa shape index (κ2) is 8.78. The number of halogens is 1. The number of hydrogen-bond donors (Lipinski definition) is 2. The van der Waals surface area contributed by atoms with Gasteiger partial charge in [-0.1, -0.05) is 46.3 Å². The van der Waals surface area contributed by atoms with Crippen LogP contribution >= 0.6 is 15.9 Å². The first-order valence-corrected chi connectivity index (χ1v) is 10.7. The number of nitrogens with one attached hydrogen (secondary N) is 2. The van der Waals surface area contributed by atoms with Crippen LogP contribution < -0.4 is 15.6 Å². The summed E-state index contributed by atoms with van der Waals surface area (Å²) in [5.41, 5.74) is 2.89. The number of anilines is 1. The summed E-state index contributed by atoms with van der Waals surface area (Å²) in [6.45, 7) is 1.07. The molecule has 1 radical (unpaired) electrons. The number of aliphatic imine (C=N–C) groups is 1. The maximum absolute atomic E-state index is 12.8. The fraction of sp³-hybridized carbons (Fsp3) is 0.318. The number of hydrogen-bond acceptors (Lipinski definition) is 4. The first-order valence-electron chi connectivity index (χ1n) is 9.86. The van der Waals surface area contributed by atoms with E-state index in [1.807, 2.05) is 48.5 Å². The van der Waals surface area contributed by atoms with E-state index in [4.69, 9.17) is 0 Å². The zero-order chi connectivity index (χ0) is 20.2. The summed E-state index contributed by atoms with van der Waals surface area (Å²) >= 11 is 3.50. The van der Waals surface area contributed by atoms with Crippen molar-refractivity contribution in [1.29, 1.82) is 0 Å². The molecule has 0 aliphatic carbocycles. The fourth-order valence-electron chi connectivity index (χ4n) is 3.77. The van der Waals surface area contributed by atoms with E-state index in [9.17, 15) is 9.59 Å². The van der Waals surface area contributed by atoms with Gasteiger partial charge in [0.2, 0.25) is 17.5 Å². The lowest BCUT2D eigenvalue weighted by Gasteiger charge is -2.24. The third-order valence-electron chi connectivity index (χ3n) is 5.30. The van der Waals surface area contributed by atoms with Gasteiger partial charge in [-0.05, 0) is 41.6 Å². The Morgan fingerprint density at radius 2 is 1.97 bits per heavy atom. The second-order valence-electron chi connectivity index (χ2n) is 7.26. The summed E-state index contributed by atoms with van der Waals surface area (Å²) in [5.74, 6) is 0.716. The molecule has 2 aliphatic heterocycles. The number of amidine groups is 1. The van der Waals surface area contributed by atoms with E-state index >= 15 is 0 Å². The Labute approximate surface area is 178 Å². The summed E-state index contributed by atoms with van der Waals surface area (Å²) in [6, 6.07) is 15.2. The number of para-hydroxylation sites is 2. The van der Waals surface area contributed by atoms with E-state index in [1.54, 1.807) is 4.90 Å². The number of benzene rings is 2. The Morgan fingerprint density at radius 3 is 2.79 bits per heavy atom. The molecular formula is C22H23BrN4O2+. The van der Waals surface area contributed by atoms with Crippen molar-refractivity contribution in [2.75, 3.05) is 11.9 Å². The molecule has 7 heteroatoms. The number of likely N-dealkylation sites (tertiary alicyclic amines) is 1. The topological polar surface area (TPSA) is 75.5 Å². The molecule has 1 saturated heterocycles. The number of carbonyl (C=O) groups excluding carboxylic acids is 2. The number of amides is 2. The monoisotopic (exact) mass is 454 g/mol. The lowest BCUT2D eigenvalue weighted by atomic mass is 10.1. The van der Waals surface area contributed by atoms with Gasteiger partial charge in [0.15, 0.2) is 5.69 Å². The normalized spacial score (nSPS) is 17.5. The van der Waals surface area contributed by atoms with Crippen molar-refractivity contribution >= 4 is 45.0 Å². The maximum atomic E-state index is 12.8. The minimum absolute atomic E-state index is 0.00370. The minimum atomic E-state index is -0.388. The molecule has 0 unspecified atom stereocenters. The molecule has 149 valence electrons. The standard InChI is InChI=1S/C22H23BrN4O2/c23-16-7-2-1-6-15(16)14-24-22(29)19-10-5-13-27(19)21(28)12-11-20-25-17-8-3-4-9-18(17)26-20/h1-4,6-9,19,25H,5,10-14H2,(H,24,29)/q+1/t19-/m0/s1. The van der Waals surface area contributed by atoms with Gasteiger partial charge in [0.25, 0.3) is 5.84 Å². The van der Waals surface area contributed by atoms with Gasteiger partial charge in [0.1, 0.15) is 6.04 Å². The Kier molecular flexibility index (Phi) is 5.94. The largest absolute Gasteiger partial charge is 0.350 e. The molecule has 0 spiro atoms. The minimum Gasteiger partial charge on any atom is -0.350 e. The predicted octanol–water partition coefficient (Wildman–Crippen LogP) is 3.33. The van der Waals surface area contributed by atoms with Crippen LogP contribution in [0.5, 0.6) is 0 Å². The summed E-state index contributed by atoms with van der Waals surface area (Å²) in [7, 11) is 0. The van der Waals surface area contributed by atoms with E-state index in [2.05, 4.69) is 31.6 Å². The number of nitrogens with zero attached hydrogens (tertiary/aromatic N) is 2. The van der Waals surface area contributed by atoms with Crippen molar-refractivity contribution in [3.05, 3.63) is 58.6 Å². The third-order valence-corrected chi connectivity index (χ3v) is 6.07. The highest BCUT2D eigenvalue weighted by Gasteiger charge is 2.34. The smallest absolute Gasteiger partial charge is 0.298 e. The van der Waals surface area contributed by atoms with E-state index in [1.165, 1.54) is 0 Å². The van der Waals surface area contributed by atoms with Crippen LogP contribution in [-0.2, 0) is 16.1 Å². The predicted molar refractivity (Wildman–Crippen MR) is 117 cm³/mol. The molecule has 2 aliphatic rings. The molecule has 29 heavy (non-hydrogen) atoms. The molecule has 2 aromatic rings. The quantitative estimate of drug-likeness (QED) is 0.702. The maximum Gasteiger partial charge on any atom is 0.298 e. The molecule has 1 atom stereocenters. The molecule has 2 aromatic carbocycles. The van der Waals surface area contributed by atoms with Crippen LogP contribution in [-0.4, -0.2) is 35.1 Å². The molecular weight excluding hydrogens is 432 g/mol. The van der Waals surface area contributed by atoms with Crippen LogP contribution in [0.4, 0.5) is 11.4 Å². The van der Waals surface area contributed by atoms with E-state index in [0.29, 0.717) is 32.4 Å². The first-order chi connectivity index (χ1) is 14.1. The van der Waals surface area contributed by atoms with Crippen molar-refractivity contribution in [2.24, 2.45) is 0 Å². The van der Waals surface area contributed by atoms with Crippen molar-refractivity contribution in [2.45, 2.75) is 38.3 Å². The van der Waals surface area contributed by atoms with Gasteiger partial charge in [0, 0.05) is 24.0 Å². The van der Waals surface area contributed by atoms with Crippen molar-refractivity contribution in [3.63, 3.8) is 0 Å². The lowest BCUT2D eigenvalue weighted by Crippen LogP contribution is -2.45. The van der Waals surface area contributed by atoms with Gasteiger partial charge in [-0.15, -0.1) is 0 Å². The third kappa shape index (κ3) is 4.50. The Bertz CT molecular complexity index is 959. The highest BCUT2D eigenvalue weighted by atomic mass is 79.9. The van der Waals surface area contributed by atoms with Gasteiger partial charge < -0.3 is 10.2 Å². The SMILES string of the molecule is O=C(NCc1ccccc1Br)[C@@H]1CCCN1C(=O)CCC1=[N+]c2ccccc2N1. The summed E-state index contributed by atoms with van der Waals surface area (Å²) in [5, 5.41) is 6.23. The molecule has 2 N–H and O–H groups in total. The molecule has 2 heterocycles. The van der Waals surface area contributed by atoms with E-state index < -0.39 is 0 Å². The molecule has 0 aromatic heterocycles. The van der Waals surface area contributed by atoms with Crippen molar-refractivity contribution in [3.8, 4) is 0 Å². The van der Waals surface area contributed by atoms with Crippen molar-refractivity contribution in [1.82, 2.24) is 15.2 Å². The molecule has 4 rings (SSSR count). The van der Waals surface area contributed by atoms with Gasteiger partial charge in [-0.2, -0.15) is 0 Å². The van der Waals surface area contributed by atoms with Crippen LogP contribution in [0.1, 0.15) is 31.2 Å². The van der Waals surface area contributed by atoms with Gasteiger partial charge in [0.05, 0.1) is 6.42 Å². The first kappa shape index (κ1) is 19.6. The van der Waals surface area contributed by atoms with Crippen LogP contribution in [0, 0.1) is 0 Å². The number of rotatable bonds is 6. The van der Waals surface area contributed by atoms with Crippen molar-refractivity contribution < 1.29 is 9.59 Å². The highest BCUT2D eigenvalue weighted by Crippen LogP contribution is 2.25. The Hall–Kier alpha value is -2.67. The van der Waals surface area contributed by atoms with Crippen LogP contribution in [0.2, 0.25) is 0 Å². The van der Waals surface area contributed by atoms with Crippen LogP contribution in [0.25, 0.3) is 0 Å². The number of fused-ring (bicyclic) bond motifs is 1. The summed E-state index contributed by atoms with van der Waals surface area (Å²) in [4.78, 5) is 31.7. The van der Waals surface area contributed by atoms with E-state index in [-0.39, 0.29) is 17.9 Å². The second-order valence-corrected chi connectivity index (χ2v) is 8.11. The van der Waals surface area contributed by atoms with E-state index in [0.717, 1.165) is 33.7 Å². The zero-order valence-electron chi connectivity index (χ0n) is 16.0. The summed E-state index contributed by atoms with van der Waals surface area (Å²) < 4.78 is 0.963. The van der Waals surface area contributed by atoms with Crippen LogP contribution in [0.15, 0.2) is 53.0 Å². The molecule has 6 nitrogen and oxygen atoms in total. The molecule has 1 fully saturated rings. The zero-order valence-corrected chi connectivity index (χ0v) is 17.6. The average molecular weight is 455 g/mol. The lowest BCUT2D eigenvalue weighted by molar-refractivity contribution is -0.138. The molecule has 2 amide bonds. The Morgan fingerprint density at radius 1 is 1.17 bits per heavy atom. The highest BCUT2D eigenvalue weighted by molar-refractivity contribution is 9.10. The fourth-order valence-corrected chi connectivity index (χ4v) is 4.20. The summed E-state index contributed by atoms with van der Waals surface area (Å²) in [6.07, 6.45) is 2.44. The Balaban J connectivity index is 1.30. The molecule has 0 bridgehead atoms. The van der Waals surface area contributed by atoms with Gasteiger partial charge >= 0.3 is 0 Å². The molecule has 0 saturated carbocycles.